The van der Waals surface area contributed by atoms with Crippen LogP contribution in [0.3, 0.4) is 0 Å². The molecule has 0 radical (unpaired) electrons. The molecule has 0 saturated carbocycles. The molecule has 0 amide bonds. The van der Waals surface area contributed by atoms with Gasteiger partial charge < -0.3 is 5.73 Å². The van der Waals surface area contributed by atoms with Crippen LogP contribution in [0.15, 0.2) is 46.6 Å². The summed E-state index contributed by atoms with van der Waals surface area (Å²) >= 11 is 1.34. The zero-order chi connectivity index (χ0) is 13.9. The van der Waals surface area contributed by atoms with E-state index in [0.717, 1.165) is 11.4 Å². The minimum atomic E-state index is 0.242. The number of nitrogen functional groups attached to an aromatic ring is 1. The highest BCUT2D eigenvalue weighted by Gasteiger charge is 2.11. The lowest BCUT2D eigenvalue weighted by molar-refractivity contribution is 0.756. The molecule has 2 heterocycles. The van der Waals surface area contributed by atoms with Gasteiger partial charge in [0.05, 0.1) is 5.69 Å². The minimum Gasteiger partial charge on any atom is -0.368 e. The van der Waals surface area contributed by atoms with Gasteiger partial charge in [-0.2, -0.15) is 4.68 Å². The van der Waals surface area contributed by atoms with E-state index in [4.69, 9.17) is 5.73 Å². The normalized spacial score (nSPS) is 10.7. The molecule has 7 nitrogen and oxygen atoms in total. The molecule has 3 rings (SSSR count). The lowest BCUT2D eigenvalue weighted by Crippen LogP contribution is -2.00. The maximum Gasteiger partial charge on any atom is 0.221 e. The summed E-state index contributed by atoms with van der Waals surface area (Å²) in [6, 6.07) is 11.5. The van der Waals surface area contributed by atoms with Crippen molar-refractivity contribution in [3.63, 3.8) is 0 Å². The zero-order valence-electron chi connectivity index (χ0n) is 10.6. The highest BCUT2D eigenvalue weighted by molar-refractivity contribution is 7.99. The van der Waals surface area contributed by atoms with Crippen LogP contribution in [0, 0.1) is 6.92 Å². The number of hydrogen-bond acceptors (Lipinski definition) is 7. The van der Waals surface area contributed by atoms with E-state index in [1.165, 1.54) is 11.8 Å². The summed E-state index contributed by atoms with van der Waals surface area (Å²) in [5, 5.41) is 13.0. The second kappa shape index (κ2) is 5.25. The quantitative estimate of drug-likeness (QED) is 0.728. The largest absolute Gasteiger partial charge is 0.368 e. The Hall–Kier alpha value is -2.48. The number of para-hydroxylation sites is 1. The molecule has 1 aromatic carbocycles. The molecule has 0 spiro atoms. The van der Waals surface area contributed by atoms with Crippen molar-refractivity contribution in [2.45, 2.75) is 17.1 Å². The SMILES string of the molecule is Cc1cc(Sc2nnnn2-c2ccccc2)nc(N)n1. The topological polar surface area (TPSA) is 95.4 Å². The molecule has 2 N–H and O–H groups in total. The van der Waals surface area contributed by atoms with E-state index in [0.29, 0.717) is 10.2 Å². The Bertz CT molecular complexity index is 705. The summed E-state index contributed by atoms with van der Waals surface area (Å²) in [5.41, 5.74) is 7.34. The molecule has 2 aromatic heterocycles. The molecule has 20 heavy (non-hydrogen) atoms. The van der Waals surface area contributed by atoms with Gasteiger partial charge in [-0.1, -0.05) is 18.2 Å². The van der Waals surface area contributed by atoms with Gasteiger partial charge >= 0.3 is 0 Å². The van der Waals surface area contributed by atoms with Crippen molar-refractivity contribution in [1.29, 1.82) is 0 Å². The molecule has 0 atom stereocenters. The van der Waals surface area contributed by atoms with Crippen LogP contribution < -0.4 is 5.73 Å². The fraction of sp³-hybridized carbons (Fsp3) is 0.0833. The van der Waals surface area contributed by atoms with Gasteiger partial charge in [0.2, 0.25) is 11.1 Å². The minimum absolute atomic E-state index is 0.242. The van der Waals surface area contributed by atoms with Crippen molar-refractivity contribution in [2.24, 2.45) is 0 Å². The summed E-state index contributed by atoms with van der Waals surface area (Å²) < 4.78 is 1.65. The lowest BCUT2D eigenvalue weighted by atomic mass is 10.3. The first-order valence-corrected chi connectivity index (χ1v) is 6.67. The number of anilines is 1. The van der Waals surface area contributed by atoms with Gasteiger partial charge in [0.15, 0.2) is 0 Å². The Balaban J connectivity index is 1.94. The second-order valence-electron chi connectivity index (χ2n) is 4.02. The van der Waals surface area contributed by atoms with E-state index in [1.54, 1.807) is 4.68 Å². The van der Waals surface area contributed by atoms with Gasteiger partial charge in [-0.15, -0.1) is 5.10 Å². The summed E-state index contributed by atoms with van der Waals surface area (Å²) in [6.45, 7) is 1.86. The van der Waals surface area contributed by atoms with Crippen molar-refractivity contribution in [3.8, 4) is 5.69 Å². The first-order chi connectivity index (χ1) is 9.72. The first kappa shape index (κ1) is 12.5. The van der Waals surface area contributed by atoms with Crippen molar-refractivity contribution >= 4 is 17.7 Å². The average molecular weight is 285 g/mol. The number of aromatic nitrogens is 6. The number of hydrogen-bond donors (Lipinski definition) is 1. The van der Waals surface area contributed by atoms with E-state index in [-0.39, 0.29) is 5.95 Å². The molecule has 0 aliphatic rings. The molecule has 0 fully saturated rings. The van der Waals surface area contributed by atoms with Crippen LogP contribution in [-0.2, 0) is 0 Å². The highest BCUT2D eigenvalue weighted by Crippen LogP contribution is 2.25. The Morgan fingerprint density at radius 2 is 1.95 bits per heavy atom. The number of aryl methyl sites for hydroxylation is 1. The van der Waals surface area contributed by atoms with E-state index < -0.39 is 0 Å². The van der Waals surface area contributed by atoms with Crippen LogP contribution >= 0.6 is 11.8 Å². The van der Waals surface area contributed by atoms with Gasteiger partial charge in [0, 0.05) is 5.69 Å². The average Bonchev–Trinajstić information content (AvgIpc) is 2.86. The van der Waals surface area contributed by atoms with Crippen LogP contribution in [-0.4, -0.2) is 30.2 Å². The predicted molar refractivity (Wildman–Crippen MR) is 74.5 cm³/mol. The predicted octanol–water partition coefficient (Wildman–Crippen LogP) is 1.49. The van der Waals surface area contributed by atoms with Crippen molar-refractivity contribution in [2.75, 3.05) is 5.73 Å². The Labute approximate surface area is 119 Å². The number of tetrazole rings is 1. The smallest absolute Gasteiger partial charge is 0.221 e. The number of benzene rings is 1. The summed E-state index contributed by atoms with van der Waals surface area (Å²) in [5.74, 6) is 0.242. The van der Waals surface area contributed by atoms with E-state index in [1.807, 2.05) is 43.3 Å². The third-order valence-electron chi connectivity index (χ3n) is 2.49. The zero-order valence-corrected chi connectivity index (χ0v) is 11.4. The van der Waals surface area contributed by atoms with Gasteiger partial charge in [-0.05, 0) is 47.3 Å². The maximum atomic E-state index is 5.64. The fourth-order valence-electron chi connectivity index (χ4n) is 1.68. The molecule has 0 bridgehead atoms. The fourth-order valence-corrected chi connectivity index (χ4v) is 2.54. The number of nitrogens with zero attached hydrogens (tertiary/aromatic N) is 6. The second-order valence-corrected chi connectivity index (χ2v) is 5.00. The van der Waals surface area contributed by atoms with E-state index >= 15 is 0 Å². The Morgan fingerprint density at radius 3 is 2.70 bits per heavy atom. The number of nitrogens with two attached hydrogens (primary N) is 1. The number of rotatable bonds is 3. The molecule has 0 aliphatic carbocycles. The molecule has 0 saturated heterocycles. The summed E-state index contributed by atoms with van der Waals surface area (Å²) in [6.07, 6.45) is 0. The monoisotopic (exact) mass is 285 g/mol. The van der Waals surface area contributed by atoms with E-state index in [9.17, 15) is 0 Å². The van der Waals surface area contributed by atoms with Crippen LogP contribution in [0.4, 0.5) is 5.95 Å². The van der Waals surface area contributed by atoms with Gasteiger partial charge in [0.1, 0.15) is 5.03 Å². The molecule has 3 aromatic rings. The summed E-state index contributed by atoms with van der Waals surface area (Å²) in [4.78, 5) is 8.20. The molecule has 0 aliphatic heterocycles. The van der Waals surface area contributed by atoms with Crippen LogP contribution in [0.5, 0.6) is 0 Å². The van der Waals surface area contributed by atoms with Crippen molar-refractivity contribution in [1.82, 2.24) is 30.2 Å². The first-order valence-electron chi connectivity index (χ1n) is 5.85. The Morgan fingerprint density at radius 1 is 1.15 bits per heavy atom. The Kier molecular flexibility index (Phi) is 3.30. The molecule has 100 valence electrons. The molecular formula is C12H11N7S. The van der Waals surface area contributed by atoms with Crippen LogP contribution in [0.2, 0.25) is 0 Å². The van der Waals surface area contributed by atoms with Crippen LogP contribution in [0.1, 0.15) is 5.69 Å². The van der Waals surface area contributed by atoms with Gasteiger partial charge in [-0.3, -0.25) is 0 Å². The third kappa shape index (κ3) is 2.59. The molecule has 8 heteroatoms. The van der Waals surface area contributed by atoms with E-state index in [2.05, 4.69) is 25.5 Å². The summed E-state index contributed by atoms with van der Waals surface area (Å²) in [7, 11) is 0. The highest BCUT2D eigenvalue weighted by atomic mass is 32.2. The van der Waals surface area contributed by atoms with Crippen molar-refractivity contribution in [3.05, 3.63) is 42.1 Å². The third-order valence-corrected chi connectivity index (χ3v) is 3.34. The molecule has 0 unspecified atom stereocenters. The standard InChI is InChI=1S/C12H11N7S/c1-8-7-10(15-11(13)14-8)20-12-16-17-18-19(12)9-5-3-2-4-6-9/h2-7H,1H3,(H2,13,14,15). The maximum absolute atomic E-state index is 5.64. The van der Waals surface area contributed by atoms with Gasteiger partial charge in [0.25, 0.3) is 0 Å². The molecular weight excluding hydrogens is 274 g/mol. The van der Waals surface area contributed by atoms with Crippen LogP contribution in [0.25, 0.3) is 5.69 Å². The lowest BCUT2D eigenvalue weighted by Gasteiger charge is -2.04. The van der Waals surface area contributed by atoms with Crippen molar-refractivity contribution < 1.29 is 0 Å². The van der Waals surface area contributed by atoms with Gasteiger partial charge in [-0.25, -0.2) is 9.97 Å².